The molecule has 0 amide bonds. The quantitative estimate of drug-likeness (QED) is 0.549. The van der Waals surface area contributed by atoms with Crippen LogP contribution in [0.15, 0.2) is 0 Å². The monoisotopic (exact) mass is 180 g/mol. The topological polar surface area (TPSA) is 6.48 Å². The van der Waals surface area contributed by atoms with Gasteiger partial charge in [0.25, 0.3) is 0 Å². The van der Waals surface area contributed by atoms with Crippen LogP contribution in [0.2, 0.25) is 0 Å². The van der Waals surface area contributed by atoms with Gasteiger partial charge >= 0.3 is 0 Å². The second-order valence-electron chi connectivity index (χ2n) is 5.29. The Labute approximate surface area is 80.9 Å². The van der Waals surface area contributed by atoms with Crippen molar-refractivity contribution in [1.82, 2.24) is 9.80 Å². The van der Waals surface area contributed by atoms with Crippen LogP contribution in [0.1, 0.15) is 19.3 Å². The van der Waals surface area contributed by atoms with E-state index in [9.17, 15) is 0 Å². The molecule has 0 spiro atoms. The van der Waals surface area contributed by atoms with E-state index >= 15 is 0 Å². The molecule has 0 aliphatic carbocycles. The lowest BCUT2D eigenvalue weighted by Gasteiger charge is -2.47. The summed E-state index contributed by atoms with van der Waals surface area (Å²) in [5.41, 5.74) is 0. The highest BCUT2D eigenvalue weighted by molar-refractivity contribution is 4.96. The zero-order chi connectivity index (χ0) is 8.84. The Bertz CT molecular complexity index is 202. The minimum absolute atomic E-state index is 0.957. The molecule has 2 heteroatoms. The smallest absolute Gasteiger partial charge is 0.0136 e. The Morgan fingerprint density at radius 2 is 2.08 bits per heavy atom. The summed E-state index contributed by atoms with van der Waals surface area (Å²) < 4.78 is 0. The van der Waals surface area contributed by atoms with Gasteiger partial charge in [-0.25, -0.2) is 0 Å². The molecule has 74 valence electrons. The highest BCUT2D eigenvalue weighted by Crippen LogP contribution is 2.37. The molecular formula is C11H20N2. The summed E-state index contributed by atoms with van der Waals surface area (Å²) in [6.45, 7) is 5.49. The molecule has 3 saturated heterocycles. The predicted octanol–water partition coefficient (Wildman–Crippen LogP) is 1.03. The molecule has 3 rings (SSSR count). The van der Waals surface area contributed by atoms with Crippen molar-refractivity contribution in [2.24, 2.45) is 11.8 Å². The number of hydrogen-bond acceptors (Lipinski definition) is 2. The number of nitrogens with zero attached hydrogens (tertiary/aromatic N) is 2. The molecule has 0 aromatic rings. The molecule has 0 N–H and O–H groups in total. The third-order valence-electron chi connectivity index (χ3n) is 4.20. The van der Waals surface area contributed by atoms with Gasteiger partial charge in [-0.15, -0.1) is 0 Å². The van der Waals surface area contributed by atoms with E-state index in [0.717, 1.165) is 17.9 Å². The maximum atomic E-state index is 2.77. The number of fused-ring (bicyclic) bond motifs is 4. The molecule has 0 aromatic heterocycles. The van der Waals surface area contributed by atoms with Gasteiger partial charge in [0, 0.05) is 25.7 Å². The summed E-state index contributed by atoms with van der Waals surface area (Å²) in [5, 5.41) is 0. The van der Waals surface area contributed by atoms with Crippen LogP contribution in [0.5, 0.6) is 0 Å². The molecular weight excluding hydrogens is 160 g/mol. The second-order valence-corrected chi connectivity index (χ2v) is 5.29. The van der Waals surface area contributed by atoms with Gasteiger partial charge < -0.3 is 4.90 Å². The van der Waals surface area contributed by atoms with Crippen molar-refractivity contribution in [3.63, 3.8) is 0 Å². The van der Waals surface area contributed by atoms with Gasteiger partial charge in [0.05, 0.1) is 0 Å². The van der Waals surface area contributed by atoms with Crippen molar-refractivity contribution >= 4 is 0 Å². The lowest BCUT2D eigenvalue weighted by Crippen LogP contribution is -2.54. The number of rotatable bonds is 0. The van der Waals surface area contributed by atoms with Gasteiger partial charge in [0.15, 0.2) is 0 Å². The van der Waals surface area contributed by atoms with Crippen LogP contribution in [0, 0.1) is 11.8 Å². The predicted molar refractivity (Wildman–Crippen MR) is 53.7 cm³/mol. The maximum absolute atomic E-state index is 2.77. The molecule has 3 heterocycles. The van der Waals surface area contributed by atoms with E-state index in [1.54, 1.807) is 0 Å². The van der Waals surface area contributed by atoms with E-state index in [-0.39, 0.29) is 0 Å². The highest BCUT2D eigenvalue weighted by atomic mass is 15.2. The van der Waals surface area contributed by atoms with Gasteiger partial charge in [-0.3, -0.25) is 4.90 Å². The molecule has 2 bridgehead atoms. The Kier molecular flexibility index (Phi) is 1.88. The number of hydrogen-bond donors (Lipinski definition) is 0. The first kappa shape index (κ1) is 8.25. The van der Waals surface area contributed by atoms with E-state index in [2.05, 4.69) is 16.8 Å². The van der Waals surface area contributed by atoms with Crippen LogP contribution in [-0.2, 0) is 0 Å². The van der Waals surface area contributed by atoms with Crippen LogP contribution in [-0.4, -0.2) is 49.1 Å². The molecule has 0 radical (unpaired) electrons. The zero-order valence-corrected chi connectivity index (χ0v) is 8.58. The average molecular weight is 180 g/mol. The van der Waals surface area contributed by atoms with Gasteiger partial charge in [0.1, 0.15) is 0 Å². The summed E-state index contributed by atoms with van der Waals surface area (Å²) in [7, 11) is 2.30. The second kappa shape index (κ2) is 2.96. The van der Waals surface area contributed by atoms with Crippen molar-refractivity contribution < 1.29 is 0 Å². The third-order valence-corrected chi connectivity index (χ3v) is 4.20. The molecule has 0 aromatic carbocycles. The summed E-state index contributed by atoms with van der Waals surface area (Å²) in [5.74, 6) is 1.98. The maximum Gasteiger partial charge on any atom is 0.0136 e. The molecule has 0 saturated carbocycles. The fourth-order valence-electron chi connectivity index (χ4n) is 3.85. The third kappa shape index (κ3) is 1.31. The molecule has 3 fully saturated rings. The van der Waals surface area contributed by atoms with Crippen molar-refractivity contribution in [3.05, 3.63) is 0 Å². The lowest BCUT2D eigenvalue weighted by molar-refractivity contribution is 0.0162. The molecule has 3 aliphatic rings. The molecule has 0 unspecified atom stereocenters. The van der Waals surface area contributed by atoms with Crippen LogP contribution in [0.25, 0.3) is 0 Å². The number of likely N-dealkylation sites (tertiary alicyclic amines) is 1. The van der Waals surface area contributed by atoms with E-state index in [1.165, 1.54) is 45.4 Å². The summed E-state index contributed by atoms with van der Waals surface area (Å²) >= 11 is 0. The molecule has 3 aliphatic heterocycles. The van der Waals surface area contributed by atoms with Crippen molar-refractivity contribution in [3.8, 4) is 0 Å². The summed E-state index contributed by atoms with van der Waals surface area (Å²) in [6, 6.07) is 0.957. The molecule has 13 heavy (non-hydrogen) atoms. The first-order valence-corrected chi connectivity index (χ1v) is 5.75. The Balaban J connectivity index is 1.79. The van der Waals surface area contributed by atoms with Crippen LogP contribution in [0.4, 0.5) is 0 Å². The minimum atomic E-state index is 0.957. The normalized spacial score (nSPS) is 46.4. The largest absolute Gasteiger partial charge is 0.306 e. The fourth-order valence-corrected chi connectivity index (χ4v) is 3.85. The summed E-state index contributed by atoms with van der Waals surface area (Å²) in [4.78, 5) is 5.32. The minimum Gasteiger partial charge on any atom is -0.306 e. The Morgan fingerprint density at radius 3 is 3.00 bits per heavy atom. The van der Waals surface area contributed by atoms with Gasteiger partial charge in [-0.2, -0.15) is 0 Å². The van der Waals surface area contributed by atoms with Crippen molar-refractivity contribution in [2.45, 2.75) is 25.3 Å². The van der Waals surface area contributed by atoms with Gasteiger partial charge in [-0.05, 0) is 44.7 Å². The Hall–Kier alpha value is -0.0800. The zero-order valence-electron chi connectivity index (χ0n) is 8.58. The Morgan fingerprint density at radius 1 is 1.15 bits per heavy atom. The van der Waals surface area contributed by atoms with Crippen LogP contribution in [0.3, 0.4) is 0 Å². The lowest BCUT2D eigenvalue weighted by atomic mass is 9.80. The van der Waals surface area contributed by atoms with Crippen molar-refractivity contribution in [2.75, 3.05) is 33.2 Å². The standard InChI is InChI=1S/C11H20N2/c1-12-6-9-5-10(8-12)11-3-2-4-13(11)7-9/h9-11H,2-8H2,1H3/t9-,10+,11-/m1/s1. The van der Waals surface area contributed by atoms with E-state index in [4.69, 9.17) is 0 Å². The highest BCUT2D eigenvalue weighted by Gasteiger charge is 2.41. The first-order valence-electron chi connectivity index (χ1n) is 5.75. The number of piperidine rings is 2. The first-order chi connectivity index (χ1) is 6.33. The van der Waals surface area contributed by atoms with Gasteiger partial charge in [-0.1, -0.05) is 0 Å². The summed E-state index contributed by atoms with van der Waals surface area (Å²) in [6.07, 6.45) is 4.45. The van der Waals surface area contributed by atoms with E-state index in [1.807, 2.05) is 0 Å². The molecule has 3 atom stereocenters. The van der Waals surface area contributed by atoms with Crippen molar-refractivity contribution in [1.29, 1.82) is 0 Å². The average Bonchev–Trinajstić information content (AvgIpc) is 2.50. The van der Waals surface area contributed by atoms with Crippen LogP contribution >= 0.6 is 0 Å². The molecule has 2 nitrogen and oxygen atoms in total. The SMILES string of the molecule is CN1C[C@H]2C[C@@H](C1)[C@H]1CCCN1C2. The van der Waals surface area contributed by atoms with Crippen LogP contribution < -0.4 is 0 Å². The fraction of sp³-hybridized carbons (Fsp3) is 1.00. The van der Waals surface area contributed by atoms with Gasteiger partial charge in [0.2, 0.25) is 0 Å². The van der Waals surface area contributed by atoms with E-state index in [0.29, 0.717) is 0 Å². The van der Waals surface area contributed by atoms with E-state index < -0.39 is 0 Å².